The summed E-state index contributed by atoms with van der Waals surface area (Å²) in [6, 6.07) is 0. The predicted molar refractivity (Wildman–Crippen MR) is 49.5 cm³/mol. The predicted octanol–water partition coefficient (Wildman–Crippen LogP) is 0.745. The lowest BCUT2D eigenvalue weighted by Crippen LogP contribution is -2.44. The minimum atomic E-state index is -0.278. The van der Waals surface area contributed by atoms with Crippen LogP contribution in [0, 0.1) is 0 Å². The third kappa shape index (κ3) is 1.73. The third-order valence-electron chi connectivity index (χ3n) is 1.93. The average molecular weight is 187 g/mol. The fourth-order valence-electron chi connectivity index (χ4n) is 0.680. The van der Waals surface area contributed by atoms with Crippen molar-refractivity contribution < 1.29 is 5.11 Å². The Morgan fingerprint density at radius 1 is 1.67 bits per heavy atom. The number of rotatable bonds is 3. The molecule has 1 N–H and O–H groups in total. The van der Waals surface area contributed by atoms with Gasteiger partial charge in [0.2, 0.25) is 5.13 Å². The molecule has 0 saturated heterocycles. The number of anilines is 1. The summed E-state index contributed by atoms with van der Waals surface area (Å²) in [5, 5.41) is 9.91. The van der Waals surface area contributed by atoms with Crippen LogP contribution in [0.3, 0.4) is 0 Å². The van der Waals surface area contributed by atoms with Crippen LogP contribution in [-0.2, 0) is 0 Å². The van der Waals surface area contributed by atoms with Crippen LogP contribution in [0.25, 0.3) is 0 Å². The molecule has 1 rings (SSSR count). The molecule has 1 heterocycles. The van der Waals surface area contributed by atoms with Crippen LogP contribution in [0.5, 0.6) is 0 Å². The van der Waals surface area contributed by atoms with Crippen molar-refractivity contribution >= 4 is 16.7 Å². The Balaban J connectivity index is 2.78. The van der Waals surface area contributed by atoms with Crippen molar-refractivity contribution in [2.24, 2.45) is 0 Å². The quantitative estimate of drug-likeness (QED) is 0.758. The van der Waals surface area contributed by atoms with E-state index in [-0.39, 0.29) is 12.1 Å². The summed E-state index contributed by atoms with van der Waals surface area (Å²) in [6.45, 7) is 4.01. The van der Waals surface area contributed by atoms with Crippen LogP contribution in [0.2, 0.25) is 0 Å². The fraction of sp³-hybridized carbons (Fsp3) is 0.714. The van der Waals surface area contributed by atoms with Gasteiger partial charge in [0.05, 0.1) is 12.1 Å². The van der Waals surface area contributed by atoms with E-state index in [0.29, 0.717) is 0 Å². The first-order valence-electron chi connectivity index (χ1n) is 3.69. The Labute approximate surface area is 76.0 Å². The van der Waals surface area contributed by atoms with Crippen LogP contribution >= 0.6 is 11.5 Å². The Hall–Kier alpha value is -0.680. The number of hydrogen-bond donors (Lipinski definition) is 1. The van der Waals surface area contributed by atoms with Gasteiger partial charge in [-0.15, -0.1) is 0 Å². The van der Waals surface area contributed by atoms with Gasteiger partial charge in [0.15, 0.2) is 0 Å². The van der Waals surface area contributed by atoms with E-state index in [4.69, 9.17) is 5.11 Å². The number of aliphatic hydroxyl groups is 1. The molecular formula is C7H13N3OS. The first kappa shape index (κ1) is 9.41. The van der Waals surface area contributed by atoms with Crippen LogP contribution in [-0.4, -0.2) is 33.7 Å². The lowest BCUT2D eigenvalue weighted by molar-refractivity contribution is 0.216. The first-order chi connectivity index (χ1) is 5.58. The van der Waals surface area contributed by atoms with Crippen molar-refractivity contribution in [1.82, 2.24) is 9.36 Å². The standard InChI is InChI=1S/C7H13N3OS/c1-7(2,4-11)10(3)6-8-5-9-12-6/h5,11H,4H2,1-3H3. The largest absolute Gasteiger partial charge is 0.394 e. The Morgan fingerprint density at radius 2 is 2.33 bits per heavy atom. The van der Waals surface area contributed by atoms with Crippen LogP contribution in [0.4, 0.5) is 5.13 Å². The zero-order valence-electron chi connectivity index (χ0n) is 7.48. The van der Waals surface area contributed by atoms with Crippen molar-refractivity contribution in [2.75, 3.05) is 18.6 Å². The summed E-state index contributed by atoms with van der Waals surface area (Å²) in [7, 11) is 1.90. The average Bonchev–Trinajstić information content (AvgIpc) is 2.55. The lowest BCUT2D eigenvalue weighted by atomic mass is 10.1. The summed E-state index contributed by atoms with van der Waals surface area (Å²) >= 11 is 1.33. The highest BCUT2D eigenvalue weighted by molar-refractivity contribution is 7.09. The van der Waals surface area contributed by atoms with Gasteiger partial charge in [0.1, 0.15) is 6.33 Å². The maximum atomic E-state index is 9.08. The van der Waals surface area contributed by atoms with Crippen LogP contribution < -0.4 is 4.90 Å². The monoisotopic (exact) mass is 187 g/mol. The molecule has 0 spiro atoms. The fourth-order valence-corrected chi connectivity index (χ4v) is 1.33. The van der Waals surface area contributed by atoms with Gasteiger partial charge in [0, 0.05) is 18.6 Å². The normalized spacial score (nSPS) is 11.7. The van der Waals surface area contributed by atoms with Crippen molar-refractivity contribution in [1.29, 1.82) is 0 Å². The molecule has 0 bridgehead atoms. The van der Waals surface area contributed by atoms with E-state index >= 15 is 0 Å². The highest BCUT2D eigenvalue weighted by atomic mass is 32.1. The molecule has 12 heavy (non-hydrogen) atoms. The molecule has 0 atom stereocenters. The zero-order chi connectivity index (χ0) is 9.19. The summed E-state index contributed by atoms with van der Waals surface area (Å²) in [5.41, 5.74) is -0.278. The number of aliphatic hydroxyl groups excluding tert-OH is 1. The molecule has 0 aliphatic heterocycles. The second kappa shape index (κ2) is 3.37. The van der Waals surface area contributed by atoms with Gasteiger partial charge in [-0.2, -0.15) is 4.37 Å². The van der Waals surface area contributed by atoms with Gasteiger partial charge in [-0.3, -0.25) is 0 Å². The molecular weight excluding hydrogens is 174 g/mol. The topological polar surface area (TPSA) is 49.2 Å². The smallest absolute Gasteiger partial charge is 0.205 e. The molecule has 0 saturated carbocycles. The molecule has 1 aromatic rings. The van der Waals surface area contributed by atoms with Gasteiger partial charge >= 0.3 is 0 Å². The van der Waals surface area contributed by atoms with Crippen molar-refractivity contribution in [3.05, 3.63) is 6.33 Å². The molecule has 0 unspecified atom stereocenters. The molecule has 0 amide bonds. The highest BCUT2D eigenvalue weighted by Crippen LogP contribution is 2.21. The molecule has 0 aromatic carbocycles. The molecule has 5 heteroatoms. The second-order valence-electron chi connectivity index (χ2n) is 3.25. The summed E-state index contributed by atoms with van der Waals surface area (Å²) < 4.78 is 3.90. The molecule has 68 valence electrons. The van der Waals surface area contributed by atoms with Crippen molar-refractivity contribution in [3.63, 3.8) is 0 Å². The molecule has 4 nitrogen and oxygen atoms in total. The highest BCUT2D eigenvalue weighted by Gasteiger charge is 2.24. The number of aromatic nitrogens is 2. The van der Waals surface area contributed by atoms with Gasteiger partial charge < -0.3 is 10.0 Å². The zero-order valence-corrected chi connectivity index (χ0v) is 8.30. The van der Waals surface area contributed by atoms with Crippen molar-refractivity contribution in [3.8, 4) is 0 Å². The molecule has 1 aromatic heterocycles. The van der Waals surface area contributed by atoms with Gasteiger partial charge in [-0.25, -0.2) is 4.98 Å². The SMILES string of the molecule is CN(c1ncns1)C(C)(C)CO. The summed E-state index contributed by atoms with van der Waals surface area (Å²) in [6.07, 6.45) is 1.52. The number of nitrogens with zero attached hydrogens (tertiary/aromatic N) is 3. The minimum absolute atomic E-state index is 0.100. The van der Waals surface area contributed by atoms with Crippen LogP contribution in [0.1, 0.15) is 13.8 Å². The lowest BCUT2D eigenvalue weighted by Gasteiger charge is -2.33. The van der Waals surface area contributed by atoms with E-state index in [1.165, 1.54) is 17.9 Å². The number of hydrogen-bond acceptors (Lipinski definition) is 5. The summed E-state index contributed by atoms with van der Waals surface area (Å²) in [4.78, 5) is 5.97. The maximum absolute atomic E-state index is 9.08. The first-order valence-corrected chi connectivity index (χ1v) is 4.46. The number of likely N-dealkylation sites (N-methyl/N-ethyl adjacent to an activating group) is 1. The molecule has 0 aliphatic carbocycles. The van der Waals surface area contributed by atoms with E-state index in [2.05, 4.69) is 9.36 Å². The van der Waals surface area contributed by atoms with E-state index < -0.39 is 0 Å². The van der Waals surface area contributed by atoms with E-state index in [1.54, 1.807) is 0 Å². The van der Waals surface area contributed by atoms with E-state index in [0.717, 1.165) is 5.13 Å². The third-order valence-corrected chi connectivity index (χ3v) is 2.67. The van der Waals surface area contributed by atoms with E-state index in [1.807, 2.05) is 25.8 Å². The second-order valence-corrected chi connectivity index (χ2v) is 4.01. The molecule has 0 aliphatic rings. The Bertz CT molecular complexity index is 235. The van der Waals surface area contributed by atoms with Gasteiger partial charge in [-0.05, 0) is 13.8 Å². The van der Waals surface area contributed by atoms with Crippen LogP contribution in [0.15, 0.2) is 6.33 Å². The molecule has 0 fully saturated rings. The van der Waals surface area contributed by atoms with E-state index in [9.17, 15) is 0 Å². The maximum Gasteiger partial charge on any atom is 0.205 e. The minimum Gasteiger partial charge on any atom is -0.394 e. The van der Waals surface area contributed by atoms with Gasteiger partial charge in [-0.1, -0.05) is 0 Å². The molecule has 0 radical (unpaired) electrons. The Kier molecular flexibility index (Phi) is 2.64. The summed E-state index contributed by atoms with van der Waals surface area (Å²) in [5.74, 6) is 0. The Morgan fingerprint density at radius 3 is 2.75 bits per heavy atom. The van der Waals surface area contributed by atoms with Crippen molar-refractivity contribution in [2.45, 2.75) is 19.4 Å². The van der Waals surface area contributed by atoms with Gasteiger partial charge in [0.25, 0.3) is 0 Å².